The van der Waals surface area contributed by atoms with Crippen LogP contribution >= 0.6 is 0 Å². The Balaban J connectivity index is 1.70. The molecule has 0 aliphatic carbocycles. The summed E-state index contributed by atoms with van der Waals surface area (Å²) in [4.78, 5) is 4.29. The minimum absolute atomic E-state index is 0.606. The number of methoxy groups -OCH3 is 1. The van der Waals surface area contributed by atoms with Crippen molar-refractivity contribution < 1.29 is 9.47 Å². The highest BCUT2D eigenvalue weighted by atomic mass is 16.5. The van der Waals surface area contributed by atoms with Crippen LogP contribution in [0.3, 0.4) is 0 Å². The smallest absolute Gasteiger partial charge is 0.202 e. The summed E-state index contributed by atoms with van der Waals surface area (Å²) >= 11 is 0. The highest BCUT2D eigenvalue weighted by Gasteiger charge is 2.01. The number of hydrogen-bond donors (Lipinski definition) is 1. The van der Waals surface area contributed by atoms with E-state index < -0.39 is 0 Å². The van der Waals surface area contributed by atoms with E-state index >= 15 is 0 Å². The number of aromatic nitrogens is 2. The van der Waals surface area contributed by atoms with Gasteiger partial charge in [0.05, 0.1) is 6.54 Å². The second-order valence-electron chi connectivity index (χ2n) is 4.38. The van der Waals surface area contributed by atoms with Crippen molar-refractivity contribution >= 4 is 5.95 Å². The van der Waals surface area contributed by atoms with Gasteiger partial charge in [0.2, 0.25) is 5.95 Å². The number of nitrogens with one attached hydrogen (secondary N) is 1. The monoisotopic (exact) mass is 275 g/mol. The Bertz CT molecular complexity index is 485. The second-order valence-corrected chi connectivity index (χ2v) is 4.38. The van der Waals surface area contributed by atoms with E-state index in [4.69, 9.17) is 9.47 Å². The zero-order chi connectivity index (χ0) is 14.0. The number of para-hydroxylation sites is 1. The van der Waals surface area contributed by atoms with E-state index in [9.17, 15) is 0 Å². The molecule has 0 amide bonds. The molecule has 0 aliphatic heterocycles. The molecule has 0 unspecified atom stereocenters. The van der Waals surface area contributed by atoms with Crippen molar-refractivity contribution in [2.75, 3.05) is 32.2 Å². The van der Waals surface area contributed by atoms with Gasteiger partial charge in [-0.25, -0.2) is 4.98 Å². The van der Waals surface area contributed by atoms with E-state index in [1.165, 1.54) is 0 Å². The molecular weight excluding hydrogens is 254 g/mol. The molecule has 0 radical (unpaired) electrons. The van der Waals surface area contributed by atoms with E-state index in [1.54, 1.807) is 13.3 Å². The molecule has 0 aliphatic rings. The van der Waals surface area contributed by atoms with Gasteiger partial charge in [0.15, 0.2) is 0 Å². The second kappa shape index (κ2) is 8.22. The first kappa shape index (κ1) is 14.4. The van der Waals surface area contributed by atoms with Crippen LogP contribution in [0.15, 0.2) is 42.7 Å². The largest absolute Gasteiger partial charge is 0.492 e. The molecule has 20 heavy (non-hydrogen) atoms. The fraction of sp³-hybridized carbons (Fsp3) is 0.400. The number of hydrogen-bond acceptors (Lipinski definition) is 4. The van der Waals surface area contributed by atoms with Gasteiger partial charge in [-0.3, -0.25) is 0 Å². The molecule has 2 rings (SSSR count). The molecule has 0 saturated carbocycles. The molecule has 2 aromatic rings. The van der Waals surface area contributed by atoms with E-state index in [1.807, 2.05) is 36.5 Å². The van der Waals surface area contributed by atoms with Gasteiger partial charge in [0.25, 0.3) is 0 Å². The lowest BCUT2D eigenvalue weighted by molar-refractivity contribution is 0.190. The van der Waals surface area contributed by atoms with Crippen molar-refractivity contribution in [2.24, 2.45) is 0 Å². The van der Waals surface area contributed by atoms with Crippen molar-refractivity contribution in [3.05, 3.63) is 42.7 Å². The molecule has 5 nitrogen and oxygen atoms in total. The summed E-state index contributed by atoms with van der Waals surface area (Å²) in [5, 5.41) is 3.28. The van der Waals surface area contributed by atoms with Gasteiger partial charge in [-0.1, -0.05) is 18.2 Å². The van der Waals surface area contributed by atoms with Gasteiger partial charge in [-0.05, 0) is 18.6 Å². The summed E-state index contributed by atoms with van der Waals surface area (Å²) in [7, 11) is 1.72. The zero-order valence-corrected chi connectivity index (χ0v) is 11.8. The summed E-state index contributed by atoms with van der Waals surface area (Å²) < 4.78 is 12.8. The van der Waals surface area contributed by atoms with E-state index in [0.717, 1.165) is 37.8 Å². The Kier molecular flexibility index (Phi) is 5.92. The predicted octanol–water partition coefficient (Wildman–Crippen LogP) is 2.41. The fourth-order valence-corrected chi connectivity index (χ4v) is 1.88. The Hall–Kier alpha value is -2.01. The van der Waals surface area contributed by atoms with Crippen LogP contribution in [0.5, 0.6) is 5.75 Å². The summed E-state index contributed by atoms with van der Waals surface area (Å²) in [6, 6.07) is 9.80. The third-order valence-electron chi connectivity index (χ3n) is 2.86. The average Bonchev–Trinajstić information content (AvgIpc) is 2.93. The van der Waals surface area contributed by atoms with E-state index in [-0.39, 0.29) is 0 Å². The molecule has 5 heteroatoms. The predicted molar refractivity (Wildman–Crippen MR) is 79.1 cm³/mol. The molecule has 1 heterocycles. The third-order valence-corrected chi connectivity index (χ3v) is 2.86. The SMILES string of the molecule is COCCCn1ccnc1NCCOc1ccccc1. The quantitative estimate of drug-likeness (QED) is 0.714. The molecule has 0 spiro atoms. The molecule has 1 N–H and O–H groups in total. The zero-order valence-electron chi connectivity index (χ0n) is 11.8. The molecule has 1 aromatic carbocycles. The van der Waals surface area contributed by atoms with Gasteiger partial charge in [-0.15, -0.1) is 0 Å². The van der Waals surface area contributed by atoms with Crippen LogP contribution in [0, 0.1) is 0 Å². The number of rotatable bonds is 9. The maximum atomic E-state index is 5.62. The summed E-state index contributed by atoms with van der Waals surface area (Å²) in [5.74, 6) is 1.76. The molecule has 1 aromatic heterocycles. The van der Waals surface area contributed by atoms with Gasteiger partial charge >= 0.3 is 0 Å². The van der Waals surface area contributed by atoms with Crippen molar-refractivity contribution in [3.63, 3.8) is 0 Å². The highest BCUT2D eigenvalue weighted by molar-refractivity contribution is 5.26. The number of benzene rings is 1. The lowest BCUT2D eigenvalue weighted by Gasteiger charge is -2.10. The van der Waals surface area contributed by atoms with Crippen LogP contribution in [0.25, 0.3) is 0 Å². The number of imidazole rings is 1. The van der Waals surface area contributed by atoms with Crippen molar-refractivity contribution in [1.29, 1.82) is 0 Å². The van der Waals surface area contributed by atoms with Crippen molar-refractivity contribution in [2.45, 2.75) is 13.0 Å². The number of ether oxygens (including phenoxy) is 2. The van der Waals surface area contributed by atoms with Gasteiger partial charge < -0.3 is 19.4 Å². The van der Waals surface area contributed by atoms with Crippen molar-refractivity contribution in [3.8, 4) is 5.75 Å². The Labute approximate surface area is 119 Å². The topological polar surface area (TPSA) is 48.3 Å². The summed E-state index contributed by atoms with van der Waals surface area (Å²) in [6.07, 6.45) is 4.74. The van der Waals surface area contributed by atoms with Crippen LogP contribution in [-0.4, -0.2) is 36.4 Å². The van der Waals surface area contributed by atoms with Crippen LogP contribution in [-0.2, 0) is 11.3 Å². The minimum Gasteiger partial charge on any atom is -0.492 e. The van der Waals surface area contributed by atoms with Crippen LogP contribution < -0.4 is 10.1 Å². The fourth-order valence-electron chi connectivity index (χ4n) is 1.88. The first-order valence-electron chi connectivity index (χ1n) is 6.82. The normalized spacial score (nSPS) is 10.4. The maximum Gasteiger partial charge on any atom is 0.202 e. The summed E-state index contributed by atoms with van der Waals surface area (Å²) in [6.45, 7) is 2.98. The van der Waals surface area contributed by atoms with Crippen LogP contribution in [0.2, 0.25) is 0 Å². The molecular formula is C15H21N3O2. The molecule has 0 atom stereocenters. The number of anilines is 1. The first-order chi connectivity index (χ1) is 9.90. The van der Waals surface area contributed by atoms with Crippen LogP contribution in [0.1, 0.15) is 6.42 Å². The highest BCUT2D eigenvalue weighted by Crippen LogP contribution is 2.08. The van der Waals surface area contributed by atoms with E-state index in [2.05, 4.69) is 14.9 Å². The minimum atomic E-state index is 0.606. The number of nitrogens with zero attached hydrogens (tertiary/aromatic N) is 2. The molecule has 108 valence electrons. The Morgan fingerprint density at radius 1 is 1.20 bits per heavy atom. The standard InChI is InChI=1S/C15H21N3O2/c1-19-12-5-10-18-11-8-16-15(18)17-9-13-20-14-6-3-2-4-7-14/h2-4,6-8,11H,5,9-10,12-13H2,1H3,(H,16,17). The average molecular weight is 275 g/mol. The number of aryl methyl sites for hydroxylation is 1. The Morgan fingerprint density at radius 3 is 2.85 bits per heavy atom. The lowest BCUT2D eigenvalue weighted by atomic mass is 10.3. The van der Waals surface area contributed by atoms with Crippen molar-refractivity contribution in [1.82, 2.24) is 9.55 Å². The van der Waals surface area contributed by atoms with Gasteiger partial charge in [0.1, 0.15) is 12.4 Å². The Morgan fingerprint density at radius 2 is 2.05 bits per heavy atom. The van der Waals surface area contributed by atoms with E-state index in [0.29, 0.717) is 6.61 Å². The molecule has 0 fully saturated rings. The maximum absolute atomic E-state index is 5.62. The van der Waals surface area contributed by atoms with Crippen LogP contribution in [0.4, 0.5) is 5.95 Å². The molecule has 0 saturated heterocycles. The molecule has 0 bridgehead atoms. The first-order valence-corrected chi connectivity index (χ1v) is 6.82. The summed E-state index contributed by atoms with van der Waals surface area (Å²) in [5.41, 5.74) is 0. The third kappa shape index (κ3) is 4.59. The van der Waals surface area contributed by atoms with Gasteiger partial charge in [-0.2, -0.15) is 0 Å². The van der Waals surface area contributed by atoms with Gasteiger partial charge in [0, 0.05) is 32.7 Å². The lowest BCUT2D eigenvalue weighted by Crippen LogP contribution is -2.15.